The highest BCUT2D eigenvalue weighted by atomic mass is 35.5. The van der Waals surface area contributed by atoms with Crippen LogP contribution in [0.25, 0.3) is 0 Å². The quantitative estimate of drug-likeness (QED) is 0.547. The topological polar surface area (TPSA) is 62.2 Å². The van der Waals surface area contributed by atoms with E-state index in [1.807, 2.05) is 0 Å². The highest BCUT2D eigenvalue weighted by molar-refractivity contribution is 6.30. The molecule has 13 heteroatoms. The van der Waals surface area contributed by atoms with E-state index in [1.54, 1.807) is 0 Å². The maximum atomic E-state index is 13.6. The molecule has 0 aliphatic carbocycles. The van der Waals surface area contributed by atoms with Crippen molar-refractivity contribution in [3.63, 3.8) is 0 Å². The third-order valence-corrected chi connectivity index (χ3v) is 4.06. The van der Waals surface area contributed by atoms with Crippen LogP contribution >= 0.6 is 11.6 Å². The van der Waals surface area contributed by atoms with E-state index in [9.17, 15) is 45.0 Å². The van der Waals surface area contributed by atoms with Gasteiger partial charge in [-0.1, -0.05) is 17.7 Å². The zero-order valence-electron chi connectivity index (χ0n) is 13.8. The van der Waals surface area contributed by atoms with Crippen molar-refractivity contribution >= 4 is 17.5 Å². The Kier molecular flexibility index (Phi) is 6.09. The van der Waals surface area contributed by atoms with Gasteiger partial charge in [0, 0.05) is 23.9 Å². The summed E-state index contributed by atoms with van der Waals surface area (Å²) in [7, 11) is 0. The number of carbonyl (C=O) groups is 1. The number of rotatable bonds is 4. The lowest BCUT2D eigenvalue weighted by Gasteiger charge is -2.29. The number of aromatic nitrogens is 1. The first kappa shape index (κ1) is 22.8. The average Bonchev–Trinajstić information content (AvgIpc) is 2.60. The van der Waals surface area contributed by atoms with Crippen molar-refractivity contribution in [2.45, 2.75) is 24.5 Å². The van der Waals surface area contributed by atoms with Gasteiger partial charge in [-0.25, -0.2) is 9.37 Å². The molecular weight excluding hydrogens is 440 g/mol. The standard InChI is InChI=1S/C16H9ClF8N2O2/c17-10-2-1-8(4-11(10)18)14(29,16(23,24)25)13(28)27-5-7-3-9(15(20,21)22)6-26-12(7)19/h1-4,6,29H,5H2,(H,27,28). The van der Waals surface area contributed by atoms with Crippen LogP contribution in [0.15, 0.2) is 30.5 Å². The summed E-state index contributed by atoms with van der Waals surface area (Å²) in [6, 6.07) is 1.59. The molecule has 0 bridgehead atoms. The first-order valence-electron chi connectivity index (χ1n) is 7.42. The maximum Gasteiger partial charge on any atom is 0.430 e. The van der Waals surface area contributed by atoms with E-state index in [-0.39, 0.29) is 18.3 Å². The minimum Gasteiger partial charge on any atom is -0.369 e. The van der Waals surface area contributed by atoms with Crippen molar-refractivity contribution in [1.82, 2.24) is 10.3 Å². The normalized spacial score (nSPS) is 14.4. The zero-order chi connectivity index (χ0) is 22.2. The van der Waals surface area contributed by atoms with Gasteiger partial charge in [-0.3, -0.25) is 4.79 Å². The lowest BCUT2D eigenvalue weighted by molar-refractivity contribution is -0.257. The van der Waals surface area contributed by atoms with Crippen molar-refractivity contribution in [2.24, 2.45) is 0 Å². The molecule has 2 aromatic rings. The first-order chi connectivity index (χ1) is 13.2. The summed E-state index contributed by atoms with van der Waals surface area (Å²) in [5, 5.41) is 10.9. The van der Waals surface area contributed by atoms with E-state index in [4.69, 9.17) is 11.6 Å². The molecule has 1 aromatic heterocycles. The molecule has 1 aromatic carbocycles. The van der Waals surface area contributed by atoms with Crippen LogP contribution < -0.4 is 5.32 Å². The second-order valence-corrected chi connectivity index (χ2v) is 6.10. The van der Waals surface area contributed by atoms with Gasteiger partial charge in [-0.2, -0.15) is 30.7 Å². The third kappa shape index (κ3) is 4.58. The molecule has 0 fully saturated rings. The van der Waals surface area contributed by atoms with Crippen LogP contribution in [0.5, 0.6) is 0 Å². The largest absolute Gasteiger partial charge is 0.430 e. The van der Waals surface area contributed by atoms with Gasteiger partial charge in [0.05, 0.1) is 10.6 Å². The van der Waals surface area contributed by atoms with Gasteiger partial charge in [0.2, 0.25) is 5.95 Å². The summed E-state index contributed by atoms with van der Waals surface area (Å²) in [6.07, 6.45) is -10.4. The Bertz CT molecular complexity index is 932. The van der Waals surface area contributed by atoms with Crippen LogP contribution in [-0.2, 0) is 23.1 Å². The number of benzene rings is 1. The van der Waals surface area contributed by atoms with Gasteiger partial charge < -0.3 is 10.4 Å². The predicted molar refractivity (Wildman–Crippen MR) is 82.4 cm³/mol. The van der Waals surface area contributed by atoms with Crippen LogP contribution in [0.1, 0.15) is 16.7 Å². The van der Waals surface area contributed by atoms with E-state index in [0.29, 0.717) is 12.1 Å². The minimum absolute atomic E-state index is 0.156. The number of carbonyl (C=O) groups excluding carboxylic acids is 1. The summed E-state index contributed by atoms with van der Waals surface area (Å²) in [4.78, 5) is 14.9. The molecule has 4 nitrogen and oxygen atoms in total. The lowest BCUT2D eigenvalue weighted by atomic mass is 9.91. The van der Waals surface area contributed by atoms with Gasteiger partial charge in [0.1, 0.15) is 5.82 Å². The fourth-order valence-corrected chi connectivity index (χ4v) is 2.34. The Morgan fingerprint density at radius 3 is 2.21 bits per heavy atom. The van der Waals surface area contributed by atoms with Gasteiger partial charge in [-0.15, -0.1) is 0 Å². The second kappa shape index (κ2) is 7.75. The van der Waals surface area contributed by atoms with E-state index >= 15 is 0 Å². The summed E-state index contributed by atoms with van der Waals surface area (Å²) in [5.41, 5.74) is -7.83. The predicted octanol–water partition coefficient (Wildman–Crippen LogP) is 4.10. The molecule has 1 atom stereocenters. The number of amides is 1. The molecule has 158 valence electrons. The van der Waals surface area contributed by atoms with Crippen molar-refractivity contribution in [1.29, 1.82) is 0 Å². The maximum absolute atomic E-state index is 13.6. The first-order valence-corrected chi connectivity index (χ1v) is 7.80. The Morgan fingerprint density at radius 1 is 1.07 bits per heavy atom. The third-order valence-electron chi connectivity index (χ3n) is 3.75. The Labute approximate surface area is 162 Å². The Hall–Kier alpha value is -2.47. The van der Waals surface area contributed by atoms with Crippen molar-refractivity contribution in [2.75, 3.05) is 0 Å². The van der Waals surface area contributed by atoms with Gasteiger partial charge in [-0.05, 0) is 18.2 Å². The summed E-state index contributed by atoms with van der Waals surface area (Å²) < 4.78 is 105. The molecule has 1 amide bonds. The molecule has 1 heterocycles. The summed E-state index contributed by atoms with van der Waals surface area (Å²) >= 11 is 5.36. The van der Waals surface area contributed by atoms with Crippen molar-refractivity contribution in [3.05, 3.63) is 63.9 Å². The fourth-order valence-electron chi connectivity index (χ4n) is 2.22. The summed E-state index contributed by atoms with van der Waals surface area (Å²) in [5.74, 6) is -5.03. The fraction of sp³-hybridized carbons (Fsp3) is 0.250. The van der Waals surface area contributed by atoms with Gasteiger partial charge in [0.15, 0.2) is 0 Å². The molecule has 0 aliphatic heterocycles. The van der Waals surface area contributed by atoms with Gasteiger partial charge >= 0.3 is 12.4 Å². The Morgan fingerprint density at radius 2 is 1.69 bits per heavy atom. The van der Waals surface area contributed by atoms with Crippen LogP contribution in [-0.4, -0.2) is 22.2 Å². The Balaban J connectivity index is 2.36. The average molecular weight is 449 g/mol. The molecule has 0 aliphatic rings. The van der Waals surface area contributed by atoms with E-state index in [1.165, 1.54) is 5.32 Å². The molecule has 2 N–H and O–H groups in total. The van der Waals surface area contributed by atoms with Crippen LogP contribution in [0.3, 0.4) is 0 Å². The monoisotopic (exact) mass is 448 g/mol. The molecule has 0 radical (unpaired) electrons. The number of nitrogens with zero attached hydrogens (tertiary/aromatic N) is 1. The van der Waals surface area contributed by atoms with Gasteiger partial charge in [0.25, 0.3) is 11.5 Å². The SMILES string of the molecule is O=C(NCc1cc(C(F)(F)F)cnc1F)C(O)(c1ccc(Cl)c(F)c1)C(F)(F)F. The van der Waals surface area contributed by atoms with Crippen LogP contribution in [0.4, 0.5) is 35.1 Å². The number of pyridine rings is 1. The van der Waals surface area contributed by atoms with E-state index < -0.39 is 63.9 Å². The number of nitrogens with one attached hydrogen (secondary N) is 1. The summed E-state index contributed by atoms with van der Waals surface area (Å²) in [6.45, 7) is -1.17. The molecule has 0 spiro atoms. The van der Waals surface area contributed by atoms with E-state index in [0.717, 1.165) is 0 Å². The number of hydrogen-bond acceptors (Lipinski definition) is 3. The zero-order valence-corrected chi connectivity index (χ0v) is 14.6. The minimum atomic E-state index is -5.66. The van der Waals surface area contributed by atoms with Crippen LogP contribution in [0, 0.1) is 11.8 Å². The number of aliphatic hydroxyl groups is 1. The van der Waals surface area contributed by atoms with E-state index in [2.05, 4.69) is 4.98 Å². The highest BCUT2D eigenvalue weighted by Gasteiger charge is 2.61. The number of alkyl halides is 6. The smallest absolute Gasteiger partial charge is 0.369 e. The molecule has 0 saturated heterocycles. The van der Waals surface area contributed by atoms with Crippen LogP contribution in [0.2, 0.25) is 5.02 Å². The number of halogens is 9. The van der Waals surface area contributed by atoms with Crippen molar-refractivity contribution in [3.8, 4) is 0 Å². The number of hydrogen-bond donors (Lipinski definition) is 2. The second-order valence-electron chi connectivity index (χ2n) is 5.69. The molecule has 0 saturated carbocycles. The van der Waals surface area contributed by atoms with Crippen molar-refractivity contribution < 1.29 is 45.0 Å². The highest BCUT2D eigenvalue weighted by Crippen LogP contribution is 2.40. The molecule has 29 heavy (non-hydrogen) atoms. The lowest BCUT2D eigenvalue weighted by Crippen LogP contribution is -2.54. The molecule has 1 unspecified atom stereocenters. The molecular formula is C16H9ClF8N2O2. The molecule has 2 rings (SSSR count).